The second-order valence-electron chi connectivity index (χ2n) is 18.3. The Hall–Kier alpha value is -5.45. The van der Waals surface area contributed by atoms with Crippen LogP contribution in [-0.2, 0) is 44.6 Å². The van der Waals surface area contributed by atoms with E-state index in [4.69, 9.17) is 14.2 Å². The SMILES string of the molecule is CCCC(=O)OCN(C(=O)[C@@H](NC(=O)[C@H]1CCCCN1C)C(C)CC)[C@H](C[C@@H](OC(C)=O)c1nc(C(=O)N[C@@H](Cc2ccc(O)cc2)C[C@H](C)C(=O)NNC(=O)OCCSSc2ccccn2)cs1)C(C)C. The number of hydrogen-bond donors (Lipinski definition) is 5. The Morgan fingerprint density at radius 2 is 1.71 bits per heavy atom. The minimum Gasteiger partial charge on any atom is -0.508 e. The van der Waals surface area contributed by atoms with Crippen LogP contribution in [-0.4, -0.2) is 123 Å². The lowest BCUT2D eigenvalue weighted by Crippen LogP contribution is -2.59. The monoisotopic (exact) mass is 1060 g/mol. The number of thiazole rings is 1. The van der Waals surface area contributed by atoms with Crippen molar-refractivity contribution in [1.82, 2.24) is 41.3 Å². The van der Waals surface area contributed by atoms with Crippen LogP contribution in [0.15, 0.2) is 59.1 Å². The summed E-state index contributed by atoms with van der Waals surface area (Å²) < 4.78 is 16.7. The molecule has 0 radical (unpaired) electrons. The van der Waals surface area contributed by atoms with Gasteiger partial charge in [-0.25, -0.2) is 20.2 Å². The number of hydrogen-bond acceptors (Lipinski definition) is 17. The lowest BCUT2D eigenvalue weighted by Gasteiger charge is -2.39. The number of phenolic OH excluding ortho intramolecular Hbond substituents is 1. The molecule has 5 amide bonds. The van der Waals surface area contributed by atoms with Crippen molar-refractivity contribution in [3.05, 3.63) is 70.3 Å². The number of esters is 2. The Bertz CT molecular complexity index is 2220. The van der Waals surface area contributed by atoms with E-state index in [9.17, 15) is 38.7 Å². The molecule has 1 unspecified atom stereocenters. The summed E-state index contributed by atoms with van der Waals surface area (Å²) >= 11 is 1.08. The second-order valence-corrected chi connectivity index (χ2v) is 21.6. The Balaban J connectivity index is 1.51. The first-order valence-electron chi connectivity index (χ1n) is 24.5. The summed E-state index contributed by atoms with van der Waals surface area (Å²) in [7, 11) is 4.81. The van der Waals surface area contributed by atoms with Crippen LogP contribution in [0, 0.1) is 17.8 Å². The number of aromatic hydroxyl groups is 1. The molecule has 19 nitrogen and oxygen atoms in total. The molecule has 0 saturated carbocycles. The fourth-order valence-electron chi connectivity index (χ4n) is 8.02. The molecule has 3 aromatic rings. The highest BCUT2D eigenvalue weighted by Crippen LogP contribution is 2.32. The molecule has 0 spiro atoms. The number of phenols is 1. The maximum Gasteiger partial charge on any atom is 0.426 e. The van der Waals surface area contributed by atoms with E-state index >= 15 is 0 Å². The molecule has 3 heterocycles. The molecule has 1 aliphatic heterocycles. The number of rotatable bonds is 27. The molecular weight excluding hydrogens is 985 g/mol. The number of carbonyl (C=O) groups excluding carboxylic acids is 7. The maximum atomic E-state index is 14.9. The summed E-state index contributed by atoms with van der Waals surface area (Å²) in [5.41, 5.74) is 5.42. The second kappa shape index (κ2) is 30.6. The van der Waals surface area contributed by atoms with Crippen LogP contribution >= 0.6 is 32.9 Å². The van der Waals surface area contributed by atoms with Gasteiger partial charge in [-0.3, -0.25) is 39.1 Å². The zero-order valence-electron chi connectivity index (χ0n) is 42.6. The number of likely N-dealkylation sites (tertiary alicyclic amines) is 1. The fraction of sp³-hybridized carbons (Fsp3) is 0.580. The largest absolute Gasteiger partial charge is 0.508 e. The molecule has 1 fully saturated rings. The number of nitrogens with one attached hydrogen (secondary N) is 4. The van der Waals surface area contributed by atoms with Gasteiger partial charge in [0.05, 0.1) is 6.04 Å². The minimum absolute atomic E-state index is 0.00993. The number of carbonyl (C=O) groups is 7. The first-order valence-corrected chi connectivity index (χ1v) is 27.7. The number of hydrazine groups is 1. The van der Waals surface area contributed by atoms with Gasteiger partial charge in [0.1, 0.15) is 34.1 Å². The van der Waals surface area contributed by atoms with Crippen molar-refractivity contribution >= 4 is 74.6 Å². The van der Waals surface area contributed by atoms with Crippen molar-refractivity contribution in [3.63, 3.8) is 0 Å². The van der Waals surface area contributed by atoms with Crippen molar-refractivity contribution in [3.8, 4) is 5.75 Å². The number of benzene rings is 1. The summed E-state index contributed by atoms with van der Waals surface area (Å²) in [5.74, 6) is -3.68. The number of piperidine rings is 1. The summed E-state index contributed by atoms with van der Waals surface area (Å²) in [4.78, 5) is 106. The molecule has 7 atom stereocenters. The maximum absolute atomic E-state index is 14.9. The molecular formula is C50H72N8O11S3. The van der Waals surface area contributed by atoms with Crippen molar-refractivity contribution in [2.45, 2.75) is 142 Å². The van der Waals surface area contributed by atoms with E-state index in [1.165, 1.54) is 50.9 Å². The van der Waals surface area contributed by atoms with Gasteiger partial charge in [0.15, 0.2) is 12.8 Å². The van der Waals surface area contributed by atoms with Crippen LogP contribution in [0.2, 0.25) is 0 Å². The zero-order chi connectivity index (χ0) is 52.7. The van der Waals surface area contributed by atoms with E-state index in [1.807, 2.05) is 64.8 Å². The van der Waals surface area contributed by atoms with E-state index in [0.29, 0.717) is 25.0 Å². The summed E-state index contributed by atoms with van der Waals surface area (Å²) in [6, 6.07) is 9.30. The van der Waals surface area contributed by atoms with Gasteiger partial charge in [-0.05, 0) is 98.2 Å². The van der Waals surface area contributed by atoms with E-state index in [-0.39, 0.29) is 66.5 Å². The van der Waals surface area contributed by atoms with E-state index in [2.05, 4.69) is 31.5 Å². The van der Waals surface area contributed by atoms with Gasteiger partial charge in [0.2, 0.25) is 17.7 Å². The summed E-state index contributed by atoms with van der Waals surface area (Å²) in [6.45, 7) is 12.8. The third-order valence-electron chi connectivity index (χ3n) is 12.2. The molecule has 0 aliphatic carbocycles. The predicted octanol–water partition coefficient (Wildman–Crippen LogP) is 6.97. The van der Waals surface area contributed by atoms with Gasteiger partial charge in [-0.2, -0.15) is 0 Å². The number of amides is 5. The van der Waals surface area contributed by atoms with Gasteiger partial charge >= 0.3 is 18.0 Å². The van der Waals surface area contributed by atoms with E-state index < -0.39 is 78.7 Å². The molecule has 72 heavy (non-hydrogen) atoms. The normalized spacial score (nSPS) is 16.2. The van der Waals surface area contributed by atoms with Gasteiger partial charge in [0.25, 0.3) is 5.91 Å². The van der Waals surface area contributed by atoms with Gasteiger partial charge in [-0.15, -0.1) is 11.3 Å². The number of aromatic nitrogens is 2. The molecule has 22 heteroatoms. The van der Waals surface area contributed by atoms with E-state index in [1.54, 1.807) is 25.3 Å². The first kappa shape index (κ1) is 59.1. The topological polar surface area (TPSA) is 248 Å². The predicted molar refractivity (Wildman–Crippen MR) is 276 cm³/mol. The summed E-state index contributed by atoms with van der Waals surface area (Å²) in [6.07, 6.45) is 3.97. The van der Waals surface area contributed by atoms with Crippen molar-refractivity contribution in [1.29, 1.82) is 0 Å². The van der Waals surface area contributed by atoms with Crippen LogP contribution in [0.5, 0.6) is 5.75 Å². The average molecular weight is 1060 g/mol. The molecule has 2 aromatic heterocycles. The summed E-state index contributed by atoms with van der Waals surface area (Å²) in [5, 5.41) is 18.6. The third kappa shape index (κ3) is 19.5. The Kier molecular flexibility index (Phi) is 25.1. The molecule has 4 rings (SSSR count). The smallest absolute Gasteiger partial charge is 0.426 e. The van der Waals surface area contributed by atoms with Gasteiger partial charge in [0, 0.05) is 55.1 Å². The standard InChI is InChI=1S/C50H72N8O11S3/c1-9-15-43(61)68-30-58(49(65)44(32(5)10-2)54-47(64)39-16-12-14-23-57(39)8)40(31(3)4)28-41(69-34(7)59)48-53-38(29-70-48)46(63)52-36(27-35-18-20-37(60)21-19-35)26-33(6)45(62)55-56-50(66)67-24-25-71-72-42-17-11-13-22-51-42/h11,13,17-22,29,31-33,36,39-41,44,60H,9-10,12,14-16,23-28,30H2,1-8H3,(H,52,63)(H,54,64)(H,55,62)(H,56,66)/t32?,33-,36+,39+,40+,41+,44-/m0/s1. The first-order chi connectivity index (χ1) is 34.4. The molecule has 1 saturated heterocycles. The quantitative estimate of drug-likeness (QED) is 0.0129. The zero-order valence-corrected chi connectivity index (χ0v) is 45.0. The van der Waals surface area contributed by atoms with Crippen LogP contribution in [0.4, 0.5) is 4.79 Å². The average Bonchev–Trinajstić information content (AvgIpc) is 3.85. The van der Waals surface area contributed by atoms with Gasteiger partial charge in [-0.1, -0.05) is 83.4 Å². The van der Waals surface area contributed by atoms with Crippen molar-refractivity contribution in [2.24, 2.45) is 17.8 Å². The number of pyridine rings is 1. The van der Waals surface area contributed by atoms with Crippen LogP contribution in [0.25, 0.3) is 0 Å². The Labute approximate surface area is 434 Å². The van der Waals surface area contributed by atoms with Crippen LogP contribution in [0.3, 0.4) is 0 Å². The molecule has 0 bridgehead atoms. The van der Waals surface area contributed by atoms with Crippen molar-refractivity contribution in [2.75, 3.05) is 32.7 Å². The van der Waals surface area contributed by atoms with Gasteiger partial charge < -0.3 is 34.9 Å². The molecule has 1 aliphatic rings. The van der Waals surface area contributed by atoms with E-state index in [0.717, 1.165) is 41.3 Å². The Morgan fingerprint density at radius 1 is 0.958 bits per heavy atom. The van der Waals surface area contributed by atoms with Crippen molar-refractivity contribution < 1.29 is 52.9 Å². The minimum atomic E-state index is -1.05. The van der Waals surface area contributed by atoms with Crippen LogP contribution in [0.1, 0.15) is 127 Å². The van der Waals surface area contributed by atoms with Crippen LogP contribution < -0.4 is 21.5 Å². The fourth-order valence-corrected chi connectivity index (χ4v) is 10.6. The molecule has 1 aromatic carbocycles. The molecule has 5 N–H and O–H groups in total. The lowest BCUT2D eigenvalue weighted by atomic mass is 9.92. The Morgan fingerprint density at radius 3 is 2.36 bits per heavy atom. The highest BCUT2D eigenvalue weighted by atomic mass is 33.1. The lowest BCUT2D eigenvalue weighted by molar-refractivity contribution is -0.160. The third-order valence-corrected chi connectivity index (χ3v) is 15.4. The molecule has 396 valence electrons. The number of likely N-dealkylation sites (N-methyl/N-ethyl adjacent to an activating group) is 1. The number of nitrogens with zero attached hydrogens (tertiary/aromatic N) is 4. The number of ether oxygens (including phenoxy) is 3. The highest BCUT2D eigenvalue weighted by Gasteiger charge is 2.39. The highest BCUT2D eigenvalue weighted by molar-refractivity contribution is 8.76.